The third-order valence-corrected chi connectivity index (χ3v) is 3.44. The maximum absolute atomic E-state index is 5.35. The number of halogens is 1. The second kappa shape index (κ2) is 6.73. The molecule has 1 N–H and O–H groups in total. The molecule has 0 aliphatic heterocycles. The third kappa shape index (κ3) is 3.66. The van der Waals surface area contributed by atoms with Crippen LogP contribution in [0.3, 0.4) is 0 Å². The largest absolute Gasteiger partial charge is 0.306 e. The lowest BCUT2D eigenvalue weighted by Gasteiger charge is -2.21. The van der Waals surface area contributed by atoms with E-state index in [-0.39, 0.29) is 0 Å². The zero-order valence-electron chi connectivity index (χ0n) is 9.83. The molecule has 1 aromatic carbocycles. The fourth-order valence-electron chi connectivity index (χ4n) is 1.73. The Kier molecular flexibility index (Phi) is 5.59. The van der Waals surface area contributed by atoms with Crippen molar-refractivity contribution >= 4 is 15.9 Å². The Bertz CT molecular complexity index is 367. The van der Waals surface area contributed by atoms with Crippen molar-refractivity contribution in [1.82, 2.24) is 5.32 Å². The fraction of sp³-hybridized carbons (Fsp3) is 0.429. The first kappa shape index (κ1) is 13.3. The maximum Gasteiger partial charge on any atom is 0.0305 e. The van der Waals surface area contributed by atoms with Gasteiger partial charge in [0.2, 0.25) is 0 Å². The lowest BCUT2D eigenvalue weighted by atomic mass is 10.1. The van der Waals surface area contributed by atoms with E-state index in [0.29, 0.717) is 12.1 Å². The summed E-state index contributed by atoms with van der Waals surface area (Å²) in [6, 6.07) is 8.99. The molecule has 0 radical (unpaired) electrons. The van der Waals surface area contributed by atoms with E-state index in [2.05, 4.69) is 59.2 Å². The van der Waals surface area contributed by atoms with Gasteiger partial charge in [-0.25, -0.2) is 0 Å². The topological polar surface area (TPSA) is 12.0 Å². The van der Waals surface area contributed by atoms with Crippen LogP contribution in [0.4, 0.5) is 0 Å². The molecule has 1 nitrogen and oxygen atoms in total. The Labute approximate surface area is 107 Å². The van der Waals surface area contributed by atoms with Gasteiger partial charge in [0, 0.05) is 23.0 Å². The standard InChI is InChI=1S/C14H18BrN/c1-4-8-12(5-2)16-11(3)13-9-6-7-10-14(13)15/h1,6-7,9-12,16H,5,8H2,2-3H3. The highest BCUT2D eigenvalue weighted by Gasteiger charge is 2.12. The van der Waals surface area contributed by atoms with Crippen molar-refractivity contribution in [3.05, 3.63) is 34.3 Å². The van der Waals surface area contributed by atoms with Gasteiger partial charge in [-0.2, -0.15) is 0 Å². The van der Waals surface area contributed by atoms with E-state index in [0.717, 1.165) is 17.3 Å². The molecule has 0 aliphatic carbocycles. The van der Waals surface area contributed by atoms with Crippen LogP contribution < -0.4 is 5.32 Å². The summed E-state index contributed by atoms with van der Waals surface area (Å²) in [5.74, 6) is 2.72. The molecule has 0 saturated carbocycles. The molecule has 2 heteroatoms. The lowest BCUT2D eigenvalue weighted by molar-refractivity contribution is 0.448. The monoisotopic (exact) mass is 279 g/mol. The van der Waals surface area contributed by atoms with Crippen LogP contribution in [0.5, 0.6) is 0 Å². The van der Waals surface area contributed by atoms with Gasteiger partial charge in [0.1, 0.15) is 0 Å². The third-order valence-electron chi connectivity index (χ3n) is 2.71. The Morgan fingerprint density at radius 2 is 2.12 bits per heavy atom. The van der Waals surface area contributed by atoms with E-state index in [1.54, 1.807) is 0 Å². The SMILES string of the molecule is C#CCC(CC)NC(C)c1ccccc1Br. The highest BCUT2D eigenvalue weighted by Crippen LogP contribution is 2.23. The molecule has 0 amide bonds. The van der Waals surface area contributed by atoms with Gasteiger partial charge in [-0.05, 0) is 25.0 Å². The number of hydrogen-bond acceptors (Lipinski definition) is 1. The van der Waals surface area contributed by atoms with Crippen LogP contribution in [-0.2, 0) is 0 Å². The molecule has 2 unspecified atom stereocenters. The molecular formula is C14H18BrN. The highest BCUT2D eigenvalue weighted by atomic mass is 79.9. The van der Waals surface area contributed by atoms with Crippen molar-refractivity contribution in [3.8, 4) is 12.3 Å². The molecule has 0 fully saturated rings. The van der Waals surface area contributed by atoms with E-state index in [1.165, 1.54) is 5.56 Å². The number of terminal acetylenes is 1. The van der Waals surface area contributed by atoms with Crippen molar-refractivity contribution in [1.29, 1.82) is 0 Å². The minimum absolute atomic E-state index is 0.314. The van der Waals surface area contributed by atoms with Gasteiger partial charge < -0.3 is 5.32 Å². The summed E-state index contributed by atoms with van der Waals surface area (Å²) in [5, 5.41) is 3.55. The summed E-state index contributed by atoms with van der Waals surface area (Å²) < 4.78 is 1.14. The van der Waals surface area contributed by atoms with Gasteiger partial charge in [0.25, 0.3) is 0 Å². The second-order valence-electron chi connectivity index (χ2n) is 3.92. The lowest BCUT2D eigenvalue weighted by Crippen LogP contribution is -2.30. The smallest absolute Gasteiger partial charge is 0.0305 e. The fourth-order valence-corrected chi connectivity index (χ4v) is 2.36. The second-order valence-corrected chi connectivity index (χ2v) is 4.78. The summed E-state index contributed by atoms with van der Waals surface area (Å²) >= 11 is 3.57. The van der Waals surface area contributed by atoms with Gasteiger partial charge in [0.15, 0.2) is 0 Å². The van der Waals surface area contributed by atoms with Crippen LogP contribution in [0.1, 0.15) is 38.3 Å². The van der Waals surface area contributed by atoms with Gasteiger partial charge in [-0.1, -0.05) is 41.1 Å². The molecule has 86 valence electrons. The first-order valence-electron chi connectivity index (χ1n) is 5.63. The molecule has 2 atom stereocenters. The van der Waals surface area contributed by atoms with Crippen molar-refractivity contribution in [2.24, 2.45) is 0 Å². The molecule has 1 aromatic rings. The summed E-state index contributed by atoms with van der Waals surface area (Å²) in [4.78, 5) is 0. The van der Waals surface area contributed by atoms with E-state index < -0.39 is 0 Å². The molecule has 1 rings (SSSR count). The van der Waals surface area contributed by atoms with Crippen molar-refractivity contribution < 1.29 is 0 Å². The Morgan fingerprint density at radius 3 is 2.69 bits per heavy atom. The summed E-state index contributed by atoms with van der Waals surface area (Å²) in [6.45, 7) is 4.32. The summed E-state index contributed by atoms with van der Waals surface area (Å²) in [5.41, 5.74) is 1.28. The number of hydrogen-bond donors (Lipinski definition) is 1. The van der Waals surface area contributed by atoms with Crippen LogP contribution in [-0.4, -0.2) is 6.04 Å². The van der Waals surface area contributed by atoms with Crippen molar-refractivity contribution in [2.45, 2.75) is 38.8 Å². The molecule has 0 heterocycles. The number of benzene rings is 1. The first-order chi connectivity index (χ1) is 7.69. The zero-order chi connectivity index (χ0) is 12.0. The summed E-state index contributed by atoms with van der Waals surface area (Å²) in [7, 11) is 0. The molecule has 0 aromatic heterocycles. The molecule has 16 heavy (non-hydrogen) atoms. The molecule has 0 aliphatic rings. The Balaban J connectivity index is 2.68. The Hall–Kier alpha value is -0.780. The van der Waals surface area contributed by atoms with Crippen LogP contribution in [0.15, 0.2) is 28.7 Å². The molecule has 0 bridgehead atoms. The maximum atomic E-state index is 5.35. The van der Waals surface area contributed by atoms with Gasteiger partial charge in [-0.15, -0.1) is 12.3 Å². The van der Waals surface area contributed by atoms with Gasteiger partial charge in [0.05, 0.1) is 0 Å². The average Bonchev–Trinajstić information content (AvgIpc) is 2.28. The predicted molar refractivity (Wildman–Crippen MR) is 73.2 cm³/mol. The quantitative estimate of drug-likeness (QED) is 0.806. The van der Waals surface area contributed by atoms with Crippen molar-refractivity contribution in [3.63, 3.8) is 0 Å². The van der Waals surface area contributed by atoms with Crippen LogP contribution >= 0.6 is 15.9 Å². The highest BCUT2D eigenvalue weighted by molar-refractivity contribution is 9.10. The number of nitrogens with one attached hydrogen (secondary N) is 1. The van der Waals surface area contributed by atoms with E-state index >= 15 is 0 Å². The van der Waals surface area contributed by atoms with Gasteiger partial charge >= 0.3 is 0 Å². The minimum atomic E-state index is 0.314. The van der Waals surface area contributed by atoms with E-state index in [9.17, 15) is 0 Å². The van der Waals surface area contributed by atoms with Gasteiger partial charge in [-0.3, -0.25) is 0 Å². The molecule has 0 saturated heterocycles. The predicted octanol–water partition coefficient (Wildman–Crippen LogP) is 3.90. The van der Waals surface area contributed by atoms with Crippen LogP contribution in [0.25, 0.3) is 0 Å². The van der Waals surface area contributed by atoms with Crippen LogP contribution in [0.2, 0.25) is 0 Å². The summed E-state index contributed by atoms with van der Waals surface area (Å²) in [6.07, 6.45) is 7.19. The molecule has 0 spiro atoms. The first-order valence-corrected chi connectivity index (χ1v) is 6.42. The van der Waals surface area contributed by atoms with Crippen LogP contribution in [0, 0.1) is 12.3 Å². The van der Waals surface area contributed by atoms with E-state index in [1.807, 2.05) is 6.07 Å². The molecular weight excluding hydrogens is 262 g/mol. The number of rotatable bonds is 5. The minimum Gasteiger partial charge on any atom is -0.306 e. The zero-order valence-corrected chi connectivity index (χ0v) is 11.4. The average molecular weight is 280 g/mol. The van der Waals surface area contributed by atoms with E-state index in [4.69, 9.17) is 6.42 Å². The Morgan fingerprint density at radius 1 is 1.44 bits per heavy atom. The van der Waals surface area contributed by atoms with Crippen molar-refractivity contribution in [2.75, 3.05) is 0 Å². The normalized spacial score (nSPS) is 14.1.